The average Bonchev–Trinajstić information content (AvgIpc) is 2.24. The van der Waals surface area contributed by atoms with Gasteiger partial charge < -0.3 is 15.4 Å². The van der Waals surface area contributed by atoms with E-state index < -0.39 is 0 Å². The molecular weight excluding hydrogens is 235 g/mol. The Labute approximate surface area is 107 Å². The lowest BCUT2D eigenvalue weighted by atomic mass is 10.1. The van der Waals surface area contributed by atoms with Crippen LogP contribution in [0.15, 0.2) is 18.2 Å². The number of hydrogen-bond donors (Lipinski definition) is 2. The fourth-order valence-electron chi connectivity index (χ4n) is 1.45. The van der Waals surface area contributed by atoms with Crippen LogP contribution in [0.2, 0.25) is 0 Å². The molecule has 5 heteroatoms. The van der Waals surface area contributed by atoms with Crippen LogP contribution in [-0.2, 0) is 4.79 Å². The van der Waals surface area contributed by atoms with Gasteiger partial charge in [-0.15, -0.1) is 0 Å². The number of methoxy groups -OCH3 is 1. The molecule has 4 nitrogen and oxygen atoms in total. The summed E-state index contributed by atoms with van der Waals surface area (Å²) < 4.78 is 18.0. The van der Waals surface area contributed by atoms with Crippen molar-refractivity contribution in [1.29, 1.82) is 0 Å². The number of anilines is 1. The third-order valence-electron chi connectivity index (χ3n) is 2.12. The molecule has 0 aliphatic rings. The molecule has 100 valence electrons. The van der Waals surface area contributed by atoms with E-state index in [4.69, 9.17) is 4.74 Å². The van der Waals surface area contributed by atoms with E-state index in [1.165, 1.54) is 19.2 Å². The number of ether oxygens (including phenoxy) is 1. The van der Waals surface area contributed by atoms with Crippen molar-refractivity contribution < 1.29 is 13.9 Å². The normalized spacial score (nSPS) is 10.9. The first kappa shape index (κ1) is 14.3. The number of nitrogens with one attached hydrogen (secondary N) is 2. The van der Waals surface area contributed by atoms with Gasteiger partial charge in [-0.1, -0.05) is 0 Å². The Bertz CT molecular complexity index is 427. The van der Waals surface area contributed by atoms with Gasteiger partial charge in [0.15, 0.2) is 0 Å². The molecule has 0 fully saturated rings. The molecule has 18 heavy (non-hydrogen) atoms. The molecule has 1 rings (SSSR count). The molecule has 0 atom stereocenters. The van der Waals surface area contributed by atoms with Crippen molar-refractivity contribution in [3.8, 4) is 5.75 Å². The summed E-state index contributed by atoms with van der Waals surface area (Å²) in [5.41, 5.74) is 0.314. The molecule has 1 aromatic rings. The predicted octanol–water partition coefficient (Wildman–Crippen LogP) is 2.16. The van der Waals surface area contributed by atoms with E-state index in [1.807, 2.05) is 20.8 Å². The van der Waals surface area contributed by atoms with Gasteiger partial charge in [0.05, 0.1) is 19.3 Å². The first-order valence-electron chi connectivity index (χ1n) is 5.70. The van der Waals surface area contributed by atoms with Crippen LogP contribution in [0.3, 0.4) is 0 Å². The Morgan fingerprint density at radius 2 is 2.06 bits per heavy atom. The molecule has 1 amide bonds. The third kappa shape index (κ3) is 4.61. The van der Waals surface area contributed by atoms with Crippen molar-refractivity contribution in [3.63, 3.8) is 0 Å². The summed E-state index contributed by atoms with van der Waals surface area (Å²) in [6.45, 7) is 5.83. The number of rotatable bonds is 4. The minimum Gasteiger partial charge on any atom is -0.494 e. The van der Waals surface area contributed by atoms with Gasteiger partial charge in [0.2, 0.25) is 5.91 Å². The maximum absolute atomic E-state index is 13.0. The van der Waals surface area contributed by atoms with Crippen molar-refractivity contribution in [3.05, 3.63) is 24.0 Å². The average molecular weight is 254 g/mol. The van der Waals surface area contributed by atoms with Crippen LogP contribution in [0.25, 0.3) is 0 Å². The predicted molar refractivity (Wildman–Crippen MR) is 69.3 cm³/mol. The van der Waals surface area contributed by atoms with Gasteiger partial charge in [-0.25, -0.2) is 4.39 Å². The SMILES string of the molecule is COc1cc(F)ccc1NCC(=O)NC(C)(C)C. The number of hydrogen-bond acceptors (Lipinski definition) is 3. The second kappa shape index (κ2) is 5.71. The van der Waals surface area contributed by atoms with Crippen molar-refractivity contribution >= 4 is 11.6 Å². The smallest absolute Gasteiger partial charge is 0.239 e. The Balaban J connectivity index is 2.61. The van der Waals surface area contributed by atoms with Crippen molar-refractivity contribution in [2.24, 2.45) is 0 Å². The third-order valence-corrected chi connectivity index (χ3v) is 2.12. The summed E-state index contributed by atoms with van der Waals surface area (Å²) in [7, 11) is 1.45. The molecule has 0 radical (unpaired) electrons. The van der Waals surface area contributed by atoms with Crippen molar-refractivity contribution in [2.45, 2.75) is 26.3 Å². The quantitative estimate of drug-likeness (QED) is 0.865. The number of halogens is 1. The first-order valence-corrected chi connectivity index (χ1v) is 5.70. The molecule has 0 saturated heterocycles. The van der Waals surface area contributed by atoms with E-state index in [1.54, 1.807) is 6.07 Å². The van der Waals surface area contributed by atoms with E-state index in [-0.39, 0.29) is 23.8 Å². The van der Waals surface area contributed by atoms with E-state index in [0.29, 0.717) is 11.4 Å². The van der Waals surface area contributed by atoms with Crippen LogP contribution >= 0.6 is 0 Å². The second-order valence-corrected chi connectivity index (χ2v) is 5.00. The molecule has 0 unspecified atom stereocenters. The highest BCUT2D eigenvalue weighted by Gasteiger charge is 2.13. The molecule has 0 spiro atoms. The van der Waals surface area contributed by atoms with Crippen LogP contribution in [0.5, 0.6) is 5.75 Å². The van der Waals surface area contributed by atoms with Crippen LogP contribution in [0, 0.1) is 5.82 Å². The lowest BCUT2D eigenvalue weighted by Gasteiger charge is -2.21. The summed E-state index contributed by atoms with van der Waals surface area (Å²) in [5.74, 6) is -0.135. The summed E-state index contributed by atoms with van der Waals surface area (Å²) in [5, 5.41) is 5.73. The van der Waals surface area contributed by atoms with Gasteiger partial charge in [-0.05, 0) is 32.9 Å². The van der Waals surface area contributed by atoms with Gasteiger partial charge in [0, 0.05) is 11.6 Å². The highest BCUT2D eigenvalue weighted by Crippen LogP contribution is 2.24. The summed E-state index contributed by atoms with van der Waals surface area (Å²) in [4.78, 5) is 11.6. The van der Waals surface area contributed by atoms with Crippen molar-refractivity contribution in [1.82, 2.24) is 5.32 Å². The van der Waals surface area contributed by atoms with Crippen LogP contribution in [-0.4, -0.2) is 25.1 Å². The zero-order valence-corrected chi connectivity index (χ0v) is 11.1. The van der Waals surface area contributed by atoms with E-state index >= 15 is 0 Å². The van der Waals surface area contributed by atoms with Gasteiger partial charge in [-0.3, -0.25) is 4.79 Å². The van der Waals surface area contributed by atoms with Crippen LogP contribution < -0.4 is 15.4 Å². The second-order valence-electron chi connectivity index (χ2n) is 5.00. The summed E-state index contributed by atoms with van der Waals surface area (Å²) in [6.07, 6.45) is 0. The number of carbonyl (C=O) groups excluding carboxylic acids is 1. The van der Waals surface area contributed by atoms with Gasteiger partial charge in [0.1, 0.15) is 11.6 Å². The minimum atomic E-state index is -0.378. The maximum atomic E-state index is 13.0. The number of benzene rings is 1. The Morgan fingerprint density at radius 3 is 2.61 bits per heavy atom. The molecule has 2 N–H and O–H groups in total. The molecule has 0 heterocycles. The van der Waals surface area contributed by atoms with E-state index in [0.717, 1.165) is 0 Å². The topological polar surface area (TPSA) is 50.4 Å². The zero-order valence-electron chi connectivity index (χ0n) is 11.1. The standard InChI is InChI=1S/C13H19FN2O2/c1-13(2,3)16-12(17)8-15-10-6-5-9(14)7-11(10)18-4/h5-7,15H,8H2,1-4H3,(H,16,17). The molecule has 1 aromatic carbocycles. The van der Waals surface area contributed by atoms with Crippen molar-refractivity contribution in [2.75, 3.05) is 19.0 Å². The fourth-order valence-corrected chi connectivity index (χ4v) is 1.45. The maximum Gasteiger partial charge on any atom is 0.239 e. The minimum absolute atomic E-state index is 0.110. The zero-order chi connectivity index (χ0) is 13.8. The lowest BCUT2D eigenvalue weighted by molar-refractivity contribution is -0.120. The van der Waals surface area contributed by atoms with E-state index in [9.17, 15) is 9.18 Å². The first-order chi connectivity index (χ1) is 8.31. The summed E-state index contributed by atoms with van der Waals surface area (Å²) in [6, 6.07) is 4.12. The highest BCUT2D eigenvalue weighted by atomic mass is 19.1. The van der Waals surface area contributed by atoms with Gasteiger partial charge in [-0.2, -0.15) is 0 Å². The van der Waals surface area contributed by atoms with Gasteiger partial charge in [0.25, 0.3) is 0 Å². The lowest BCUT2D eigenvalue weighted by Crippen LogP contribution is -2.43. The number of carbonyl (C=O) groups is 1. The summed E-state index contributed by atoms with van der Waals surface area (Å²) >= 11 is 0. The molecular formula is C13H19FN2O2. The molecule has 0 aliphatic carbocycles. The highest BCUT2D eigenvalue weighted by molar-refractivity contribution is 5.81. The van der Waals surface area contributed by atoms with Crippen LogP contribution in [0.4, 0.5) is 10.1 Å². The molecule has 0 aromatic heterocycles. The van der Waals surface area contributed by atoms with Gasteiger partial charge >= 0.3 is 0 Å². The molecule has 0 saturated carbocycles. The van der Waals surface area contributed by atoms with Crippen LogP contribution in [0.1, 0.15) is 20.8 Å². The monoisotopic (exact) mass is 254 g/mol. The number of amides is 1. The van der Waals surface area contributed by atoms with E-state index in [2.05, 4.69) is 10.6 Å². The fraction of sp³-hybridized carbons (Fsp3) is 0.462. The Morgan fingerprint density at radius 1 is 1.39 bits per heavy atom. The Kier molecular flexibility index (Phi) is 4.53. The Hall–Kier alpha value is -1.78. The largest absolute Gasteiger partial charge is 0.494 e. The molecule has 0 bridgehead atoms. The molecule has 0 aliphatic heterocycles.